The summed E-state index contributed by atoms with van der Waals surface area (Å²) in [7, 11) is -2.92. The van der Waals surface area contributed by atoms with Crippen molar-refractivity contribution in [1.29, 1.82) is 0 Å². The average molecular weight is 299 g/mol. The van der Waals surface area contributed by atoms with E-state index in [0.717, 1.165) is 18.4 Å². The Labute approximate surface area is 119 Å². The zero-order valence-corrected chi connectivity index (χ0v) is 12.7. The second kappa shape index (κ2) is 5.95. The summed E-state index contributed by atoms with van der Waals surface area (Å²) >= 11 is 0. The lowest BCUT2D eigenvalue weighted by molar-refractivity contribution is 0.0938. The number of aromatic nitrogens is 2. The zero-order chi connectivity index (χ0) is 14.8. The number of sulfone groups is 1. The van der Waals surface area contributed by atoms with Gasteiger partial charge in [-0.25, -0.2) is 8.42 Å². The highest BCUT2D eigenvalue weighted by atomic mass is 32.2. The molecule has 1 aromatic rings. The van der Waals surface area contributed by atoms with E-state index < -0.39 is 9.84 Å². The minimum atomic E-state index is -2.92. The van der Waals surface area contributed by atoms with Gasteiger partial charge in [0.05, 0.1) is 11.4 Å². The van der Waals surface area contributed by atoms with Crippen molar-refractivity contribution in [2.75, 3.05) is 12.8 Å². The molecule has 0 radical (unpaired) electrons. The molecule has 1 heterocycles. The van der Waals surface area contributed by atoms with Crippen LogP contribution < -0.4 is 5.32 Å². The summed E-state index contributed by atoms with van der Waals surface area (Å²) in [6.07, 6.45) is 6.01. The lowest BCUT2D eigenvalue weighted by Gasteiger charge is -2.27. The van der Waals surface area contributed by atoms with Crippen LogP contribution in [0.15, 0.2) is 6.20 Å². The van der Waals surface area contributed by atoms with Gasteiger partial charge in [0.1, 0.15) is 15.5 Å². The second-order valence-corrected chi connectivity index (χ2v) is 7.94. The van der Waals surface area contributed by atoms with Crippen molar-refractivity contribution in [2.45, 2.75) is 37.9 Å². The van der Waals surface area contributed by atoms with Gasteiger partial charge in [-0.3, -0.25) is 9.89 Å². The lowest BCUT2D eigenvalue weighted by Crippen LogP contribution is -2.34. The number of H-pyrrole nitrogens is 1. The number of hydrogen-bond donors (Lipinski definition) is 2. The standard InChI is InChI=1S/C13H21N3O3S/c1-9-7-15-16-12(9)13(17)14-8-10-3-5-11(6-4-10)20(2,18)19/h7,10-11H,3-6,8H2,1-2H3,(H,14,17)(H,15,16). The summed E-state index contributed by atoms with van der Waals surface area (Å²) < 4.78 is 22.9. The highest BCUT2D eigenvalue weighted by Crippen LogP contribution is 2.27. The van der Waals surface area contributed by atoms with Gasteiger partial charge in [-0.2, -0.15) is 5.10 Å². The minimum Gasteiger partial charge on any atom is -0.350 e. The third kappa shape index (κ3) is 3.59. The lowest BCUT2D eigenvalue weighted by atomic mass is 9.89. The summed E-state index contributed by atoms with van der Waals surface area (Å²) in [4.78, 5) is 11.9. The first kappa shape index (κ1) is 15.0. The predicted octanol–water partition coefficient (Wildman–Crippen LogP) is 1.05. The summed E-state index contributed by atoms with van der Waals surface area (Å²) in [5.74, 6) is 0.213. The van der Waals surface area contributed by atoms with Gasteiger partial charge < -0.3 is 5.32 Å². The van der Waals surface area contributed by atoms with E-state index in [1.165, 1.54) is 6.26 Å². The molecule has 6 nitrogen and oxygen atoms in total. The molecular weight excluding hydrogens is 278 g/mol. The molecule has 0 saturated heterocycles. The Morgan fingerprint density at radius 1 is 1.40 bits per heavy atom. The van der Waals surface area contributed by atoms with Gasteiger partial charge in [0.15, 0.2) is 0 Å². The molecule has 1 aromatic heterocycles. The first-order valence-corrected chi connectivity index (χ1v) is 8.80. The Balaban J connectivity index is 1.80. The van der Waals surface area contributed by atoms with E-state index >= 15 is 0 Å². The van der Waals surface area contributed by atoms with Crippen LogP contribution in [0.3, 0.4) is 0 Å². The van der Waals surface area contributed by atoms with Crippen LogP contribution in [0.2, 0.25) is 0 Å². The third-order valence-corrected chi connectivity index (χ3v) is 5.69. The Morgan fingerprint density at radius 3 is 2.55 bits per heavy atom. The van der Waals surface area contributed by atoms with E-state index in [4.69, 9.17) is 0 Å². The van der Waals surface area contributed by atoms with E-state index in [2.05, 4.69) is 15.5 Å². The largest absolute Gasteiger partial charge is 0.350 e. The number of hydrogen-bond acceptors (Lipinski definition) is 4. The molecule has 1 amide bonds. The first-order valence-electron chi connectivity index (χ1n) is 6.85. The molecule has 20 heavy (non-hydrogen) atoms. The number of nitrogens with zero attached hydrogens (tertiary/aromatic N) is 1. The van der Waals surface area contributed by atoms with E-state index in [1.54, 1.807) is 6.20 Å². The van der Waals surface area contributed by atoms with Gasteiger partial charge in [0.2, 0.25) is 0 Å². The SMILES string of the molecule is Cc1cn[nH]c1C(=O)NCC1CCC(S(C)(=O)=O)CC1. The van der Waals surface area contributed by atoms with Crippen molar-refractivity contribution in [1.82, 2.24) is 15.5 Å². The first-order chi connectivity index (χ1) is 9.38. The quantitative estimate of drug-likeness (QED) is 0.869. The maximum atomic E-state index is 11.9. The van der Waals surface area contributed by atoms with Gasteiger partial charge in [-0.1, -0.05) is 0 Å². The van der Waals surface area contributed by atoms with Crippen LogP contribution in [-0.2, 0) is 9.84 Å². The Morgan fingerprint density at radius 2 is 2.05 bits per heavy atom. The van der Waals surface area contributed by atoms with Crippen molar-refractivity contribution in [2.24, 2.45) is 5.92 Å². The van der Waals surface area contributed by atoms with Gasteiger partial charge in [0.25, 0.3) is 5.91 Å². The number of amides is 1. The summed E-state index contributed by atoms with van der Waals surface area (Å²) in [5, 5.41) is 9.19. The predicted molar refractivity (Wildman–Crippen MR) is 76.2 cm³/mol. The highest BCUT2D eigenvalue weighted by molar-refractivity contribution is 7.91. The molecule has 7 heteroatoms. The third-order valence-electron chi connectivity index (χ3n) is 4.01. The minimum absolute atomic E-state index is 0.148. The van der Waals surface area contributed by atoms with Crippen LogP contribution >= 0.6 is 0 Å². The fraction of sp³-hybridized carbons (Fsp3) is 0.692. The van der Waals surface area contributed by atoms with Gasteiger partial charge in [-0.05, 0) is 44.1 Å². The summed E-state index contributed by atoms with van der Waals surface area (Å²) in [6.45, 7) is 2.42. The Kier molecular flexibility index (Phi) is 4.47. The van der Waals surface area contributed by atoms with Crippen molar-refractivity contribution in [3.63, 3.8) is 0 Å². The van der Waals surface area contributed by atoms with Crippen molar-refractivity contribution < 1.29 is 13.2 Å². The maximum absolute atomic E-state index is 11.9. The number of aryl methyl sites for hydroxylation is 1. The second-order valence-electron chi connectivity index (χ2n) is 5.61. The molecule has 0 bridgehead atoms. The van der Waals surface area contributed by atoms with Crippen LogP contribution in [-0.4, -0.2) is 42.6 Å². The number of rotatable bonds is 4. The topological polar surface area (TPSA) is 91.9 Å². The van der Waals surface area contributed by atoms with E-state index in [9.17, 15) is 13.2 Å². The molecule has 1 saturated carbocycles. The van der Waals surface area contributed by atoms with Gasteiger partial charge in [0, 0.05) is 12.8 Å². The number of nitrogens with one attached hydrogen (secondary N) is 2. The molecule has 0 unspecified atom stereocenters. The molecule has 2 N–H and O–H groups in total. The molecule has 0 aromatic carbocycles. The smallest absolute Gasteiger partial charge is 0.269 e. The number of carbonyl (C=O) groups is 1. The number of carbonyl (C=O) groups excluding carboxylic acids is 1. The molecule has 1 fully saturated rings. The molecule has 1 aliphatic carbocycles. The van der Waals surface area contributed by atoms with Crippen LogP contribution in [0.5, 0.6) is 0 Å². The summed E-state index contributed by atoms with van der Waals surface area (Å²) in [6, 6.07) is 0. The van der Waals surface area contributed by atoms with Crippen molar-refractivity contribution in [3.05, 3.63) is 17.5 Å². The molecule has 0 aliphatic heterocycles. The molecule has 0 spiro atoms. The fourth-order valence-electron chi connectivity index (χ4n) is 2.67. The number of aromatic amines is 1. The molecule has 1 aliphatic rings. The normalized spacial score (nSPS) is 23.5. The fourth-order valence-corrected chi connectivity index (χ4v) is 3.79. The van der Waals surface area contributed by atoms with E-state index in [0.29, 0.717) is 31.0 Å². The van der Waals surface area contributed by atoms with Gasteiger partial charge in [-0.15, -0.1) is 0 Å². The highest BCUT2D eigenvalue weighted by Gasteiger charge is 2.28. The van der Waals surface area contributed by atoms with E-state index in [-0.39, 0.29) is 11.2 Å². The average Bonchev–Trinajstić information content (AvgIpc) is 2.82. The Bertz CT molecular complexity index is 571. The molecular formula is C13H21N3O3S. The molecule has 0 atom stereocenters. The molecule has 112 valence electrons. The Hall–Kier alpha value is -1.37. The summed E-state index contributed by atoms with van der Waals surface area (Å²) in [5.41, 5.74) is 1.32. The maximum Gasteiger partial charge on any atom is 0.269 e. The monoisotopic (exact) mass is 299 g/mol. The van der Waals surface area contributed by atoms with Crippen LogP contribution in [0.1, 0.15) is 41.7 Å². The molecule has 2 rings (SSSR count). The van der Waals surface area contributed by atoms with Crippen LogP contribution in [0, 0.1) is 12.8 Å². The van der Waals surface area contributed by atoms with Crippen LogP contribution in [0.4, 0.5) is 0 Å². The van der Waals surface area contributed by atoms with Crippen LogP contribution in [0.25, 0.3) is 0 Å². The zero-order valence-electron chi connectivity index (χ0n) is 11.8. The van der Waals surface area contributed by atoms with E-state index in [1.807, 2.05) is 6.92 Å². The van der Waals surface area contributed by atoms with Crippen molar-refractivity contribution >= 4 is 15.7 Å². The van der Waals surface area contributed by atoms with Gasteiger partial charge >= 0.3 is 0 Å². The van der Waals surface area contributed by atoms with Crippen molar-refractivity contribution in [3.8, 4) is 0 Å².